The minimum absolute atomic E-state index is 0.0445. The molecule has 0 radical (unpaired) electrons. The summed E-state index contributed by atoms with van der Waals surface area (Å²) < 4.78 is 40.4. The first-order chi connectivity index (χ1) is 8.03. The lowest BCUT2D eigenvalue weighted by atomic mass is 9.83. The third kappa shape index (κ3) is 3.99. The van der Waals surface area contributed by atoms with Crippen molar-refractivity contribution in [3.63, 3.8) is 0 Å². The van der Waals surface area contributed by atoms with Gasteiger partial charge in [-0.1, -0.05) is 24.4 Å². The molecule has 0 aromatic carbocycles. The van der Waals surface area contributed by atoms with Crippen molar-refractivity contribution in [3.8, 4) is 0 Å². The predicted molar refractivity (Wildman–Crippen MR) is 53.1 cm³/mol. The van der Waals surface area contributed by atoms with Gasteiger partial charge in [0, 0.05) is 6.42 Å². The van der Waals surface area contributed by atoms with Gasteiger partial charge in [-0.05, 0) is 5.92 Å². The lowest BCUT2D eigenvalue weighted by Crippen LogP contribution is -2.28. The van der Waals surface area contributed by atoms with Crippen molar-refractivity contribution in [1.29, 1.82) is 0 Å². The second kappa shape index (κ2) is 5.03. The zero-order valence-electron chi connectivity index (χ0n) is 9.26. The molecule has 1 fully saturated rings. The summed E-state index contributed by atoms with van der Waals surface area (Å²) >= 11 is 0. The van der Waals surface area contributed by atoms with E-state index in [1.165, 1.54) is 19.3 Å². The fourth-order valence-corrected chi connectivity index (χ4v) is 1.71. The molecule has 17 heavy (non-hydrogen) atoms. The SMILES string of the molecule is FC(F)(F)CNCc1nc(CC2CCC2)no1. The van der Waals surface area contributed by atoms with Gasteiger partial charge in [-0.3, -0.25) is 0 Å². The third-order valence-corrected chi connectivity index (χ3v) is 2.81. The van der Waals surface area contributed by atoms with Crippen LogP contribution in [0.1, 0.15) is 31.0 Å². The van der Waals surface area contributed by atoms with E-state index in [0.717, 1.165) is 6.42 Å². The first kappa shape index (κ1) is 12.3. The van der Waals surface area contributed by atoms with Gasteiger partial charge in [0.2, 0.25) is 5.89 Å². The summed E-state index contributed by atoms with van der Waals surface area (Å²) in [5, 5.41) is 5.96. The highest BCUT2D eigenvalue weighted by molar-refractivity contribution is 4.90. The molecule has 1 aliphatic carbocycles. The molecule has 0 spiro atoms. The molecule has 0 saturated heterocycles. The van der Waals surface area contributed by atoms with E-state index in [0.29, 0.717) is 11.7 Å². The molecule has 1 aliphatic rings. The van der Waals surface area contributed by atoms with Crippen LogP contribution in [0.5, 0.6) is 0 Å². The molecule has 1 saturated carbocycles. The molecule has 0 bridgehead atoms. The summed E-state index contributed by atoms with van der Waals surface area (Å²) in [6, 6.07) is 0. The molecular weight excluding hydrogens is 235 g/mol. The van der Waals surface area contributed by atoms with Crippen LogP contribution >= 0.6 is 0 Å². The lowest BCUT2D eigenvalue weighted by Gasteiger charge is -2.23. The topological polar surface area (TPSA) is 51.0 Å². The van der Waals surface area contributed by atoms with Crippen molar-refractivity contribution in [2.24, 2.45) is 5.92 Å². The minimum Gasteiger partial charge on any atom is -0.338 e. The average molecular weight is 249 g/mol. The van der Waals surface area contributed by atoms with Crippen LogP contribution in [0, 0.1) is 5.92 Å². The van der Waals surface area contributed by atoms with Crippen molar-refractivity contribution in [2.45, 2.75) is 38.4 Å². The Morgan fingerprint density at radius 2 is 2.12 bits per heavy atom. The lowest BCUT2D eigenvalue weighted by molar-refractivity contribution is -0.125. The molecule has 0 amide bonds. The predicted octanol–water partition coefficient (Wildman–Crippen LogP) is 2.06. The van der Waals surface area contributed by atoms with E-state index in [2.05, 4.69) is 15.5 Å². The molecule has 0 aliphatic heterocycles. The number of nitrogens with one attached hydrogen (secondary N) is 1. The Bertz CT molecular complexity index is 360. The standard InChI is InChI=1S/C10H14F3N3O/c11-10(12,13)6-14-5-9-15-8(16-17-9)4-7-2-1-3-7/h7,14H,1-6H2. The number of hydrogen-bond acceptors (Lipinski definition) is 4. The van der Waals surface area contributed by atoms with Crippen LogP contribution < -0.4 is 5.32 Å². The highest BCUT2D eigenvalue weighted by atomic mass is 19.4. The number of rotatable bonds is 5. The van der Waals surface area contributed by atoms with Gasteiger partial charge in [-0.15, -0.1) is 0 Å². The molecule has 1 N–H and O–H groups in total. The smallest absolute Gasteiger partial charge is 0.338 e. The Labute approximate surface area is 96.6 Å². The van der Waals surface area contributed by atoms with Gasteiger partial charge < -0.3 is 9.84 Å². The van der Waals surface area contributed by atoms with Gasteiger partial charge in [0.15, 0.2) is 5.82 Å². The van der Waals surface area contributed by atoms with Crippen molar-refractivity contribution in [2.75, 3.05) is 6.54 Å². The fourth-order valence-electron chi connectivity index (χ4n) is 1.71. The number of alkyl halides is 3. The second-order valence-electron chi connectivity index (χ2n) is 4.32. The van der Waals surface area contributed by atoms with Crippen LogP contribution in [-0.2, 0) is 13.0 Å². The van der Waals surface area contributed by atoms with Gasteiger partial charge in [0.25, 0.3) is 0 Å². The first-order valence-electron chi connectivity index (χ1n) is 5.62. The quantitative estimate of drug-likeness (QED) is 0.867. The number of halogens is 3. The van der Waals surface area contributed by atoms with E-state index >= 15 is 0 Å². The van der Waals surface area contributed by atoms with Crippen LogP contribution in [0.2, 0.25) is 0 Å². The Kier molecular flexibility index (Phi) is 3.66. The third-order valence-electron chi connectivity index (χ3n) is 2.81. The second-order valence-corrected chi connectivity index (χ2v) is 4.32. The van der Waals surface area contributed by atoms with Crippen LogP contribution in [0.3, 0.4) is 0 Å². The monoisotopic (exact) mass is 249 g/mol. The summed E-state index contributed by atoms with van der Waals surface area (Å²) in [6.07, 6.45) is 0.145. The van der Waals surface area contributed by atoms with E-state index in [1.807, 2.05) is 0 Å². The maximum absolute atomic E-state index is 11.9. The van der Waals surface area contributed by atoms with E-state index < -0.39 is 12.7 Å². The zero-order chi connectivity index (χ0) is 12.3. The molecule has 1 aromatic heterocycles. The van der Waals surface area contributed by atoms with E-state index in [1.54, 1.807) is 0 Å². The Hall–Kier alpha value is -1.11. The van der Waals surface area contributed by atoms with Crippen LogP contribution in [-0.4, -0.2) is 22.9 Å². The largest absolute Gasteiger partial charge is 0.401 e. The summed E-state index contributed by atoms with van der Waals surface area (Å²) in [6.45, 7) is -1.09. The van der Waals surface area contributed by atoms with Crippen LogP contribution in [0.15, 0.2) is 4.52 Å². The minimum atomic E-state index is -4.21. The van der Waals surface area contributed by atoms with Gasteiger partial charge in [-0.25, -0.2) is 0 Å². The van der Waals surface area contributed by atoms with Gasteiger partial charge in [0.1, 0.15) is 0 Å². The Morgan fingerprint density at radius 1 is 1.35 bits per heavy atom. The zero-order valence-corrected chi connectivity index (χ0v) is 9.26. The van der Waals surface area contributed by atoms with Gasteiger partial charge in [-0.2, -0.15) is 18.2 Å². The molecule has 0 unspecified atom stereocenters. The van der Waals surface area contributed by atoms with Crippen molar-refractivity contribution >= 4 is 0 Å². The fraction of sp³-hybridized carbons (Fsp3) is 0.800. The van der Waals surface area contributed by atoms with E-state index in [4.69, 9.17) is 4.52 Å². The van der Waals surface area contributed by atoms with Gasteiger partial charge >= 0.3 is 6.18 Å². The molecule has 1 heterocycles. The van der Waals surface area contributed by atoms with Crippen molar-refractivity contribution in [1.82, 2.24) is 15.5 Å². The Morgan fingerprint density at radius 3 is 2.71 bits per heavy atom. The maximum Gasteiger partial charge on any atom is 0.401 e. The van der Waals surface area contributed by atoms with Crippen LogP contribution in [0.25, 0.3) is 0 Å². The summed E-state index contributed by atoms with van der Waals surface area (Å²) in [5.41, 5.74) is 0. The maximum atomic E-state index is 11.9. The molecule has 2 rings (SSSR count). The van der Waals surface area contributed by atoms with Crippen molar-refractivity contribution < 1.29 is 17.7 Å². The molecule has 96 valence electrons. The molecule has 0 atom stereocenters. The summed E-state index contributed by atoms with van der Waals surface area (Å²) in [5.74, 6) is 1.42. The highest BCUT2D eigenvalue weighted by Gasteiger charge is 2.26. The molecular formula is C10H14F3N3O. The Balaban J connectivity index is 1.73. The first-order valence-corrected chi connectivity index (χ1v) is 5.62. The summed E-state index contributed by atoms with van der Waals surface area (Å²) in [4.78, 5) is 4.04. The number of nitrogens with zero attached hydrogens (tertiary/aromatic N) is 2. The van der Waals surface area contributed by atoms with Gasteiger partial charge in [0.05, 0.1) is 13.1 Å². The highest BCUT2D eigenvalue weighted by Crippen LogP contribution is 2.28. The normalized spacial score (nSPS) is 17.1. The molecule has 7 heteroatoms. The molecule has 1 aromatic rings. The van der Waals surface area contributed by atoms with Crippen LogP contribution in [0.4, 0.5) is 13.2 Å². The van der Waals surface area contributed by atoms with E-state index in [9.17, 15) is 13.2 Å². The number of aromatic nitrogens is 2. The average Bonchev–Trinajstić information content (AvgIpc) is 2.57. The van der Waals surface area contributed by atoms with Crippen molar-refractivity contribution in [3.05, 3.63) is 11.7 Å². The summed E-state index contributed by atoms with van der Waals surface area (Å²) in [7, 11) is 0. The molecule has 4 nitrogen and oxygen atoms in total. The number of hydrogen-bond donors (Lipinski definition) is 1. The van der Waals surface area contributed by atoms with E-state index in [-0.39, 0.29) is 12.4 Å².